The second kappa shape index (κ2) is 5.71. The van der Waals surface area contributed by atoms with Gasteiger partial charge < -0.3 is 15.2 Å². The summed E-state index contributed by atoms with van der Waals surface area (Å²) in [4.78, 5) is 15.6. The Morgan fingerprint density at radius 2 is 2.16 bits per heavy atom. The average molecular weight is 323 g/mol. The first-order valence-corrected chi connectivity index (χ1v) is 6.16. The molecule has 6 heteroatoms. The van der Waals surface area contributed by atoms with E-state index in [9.17, 15) is 4.79 Å². The Morgan fingerprint density at radius 1 is 1.37 bits per heavy atom. The fourth-order valence-corrected chi connectivity index (χ4v) is 1.98. The largest absolute Gasteiger partial charge is 0.465 e. The molecule has 0 saturated heterocycles. The number of esters is 1. The number of nitrogens with zero attached hydrogens (tertiary/aromatic N) is 1. The summed E-state index contributed by atoms with van der Waals surface area (Å²) in [5, 5.41) is 0. The number of carbonyl (C=O) groups excluding carboxylic acids is 1. The van der Waals surface area contributed by atoms with Gasteiger partial charge in [0.25, 0.3) is 0 Å². The van der Waals surface area contributed by atoms with Gasteiger partial charge in [-0.3, -0.25) is 0 Å². The van der Waals surface area contributed by atoms with Gasteiger partial charge in [-0.25, -0.2) is 9.78 Å². The molecule has 98 valence electrons. The Labute approximate surface area is 118 Å². The van der Waals surface area contributed by atoms with Gasteiger partial charge >= 0.3 is 5.97 Å². The molecule has 0 saturated carbocycles. The number of pyridine rings is 1. The normalized spacial score (nSPS) is 10.0. The van der Waals surface area contributed by atoms with Gasteiger partial charge in [-0.2, -0.15) is 0 Å². The molecule has 2 rings (SSSR count). The van der Waals surface area contributed by atoms with Gasteiger partial charge in [-0.05, 0) is 24.3 Å². The van der Waals surface area contributed by atoms with Gasteiger partial charge in [0, 0.05) is 22.4 Å². The number of nitrogens with two attached hydrogens (primary N) is 1. The molecule has 0 radical (unpaired) electrons. The van der Waals surface area contributed by atoms with E-state index in [4.69, 9.17) is 10.5 Å². The molecule has 0 amide bonds. The van der Waals surface area contributed by atoms with Crippen molar-refractivity contribution < 1.29 is 14.3 Å². The van der Waals surface area contributed by atoms with Gasteiger partial charge in [0.05, 0.1) is 7.11 Å². The van der Waals surface area contributed by atoms with E-state index in [0.717, 1.165) is 4.47 Å². The minimum absolute atomic E-state index is 0.173. The van der Waals surface area contributed by atoms with Crippen molar-refractivity contribution >= 4 is 27.6 Å². The predicted molar refractivity (Wildman–Crippen MR) is 74.2 cm³/mol. The smallest absolute Gasteiger partial charge is 0.343 e. The molecule has 2 N–H and O–H groups in total. The Morgan fingerprint density at radius 3 is 2.84 bits per heavy atom. The van der Waals surface area contributed by atoms with Crippen LogP contribution in [0.1, 0.15) is 10.4 Å². The molecule has 0 aliphatic heterocycles. The molecule has 0 aliphatic carbocycles. The lowest BCUT2D eigenvalue weighted by Gasteiger charge is -2.09. The first-order chi connectivity index (χ1) is 9.10. The third-order valence-corrected chi connectivity index (χ3v) is 2.74. The van der Waals surface area contributed by atoms with Crippen LogP contribution in [0.4, 0.5) is 5.69 Å². The summed E-state index contributed by atoms with van der Waals surface area (Å²) in [5.74, 6) is 0.147. The van der Waals surface area contributed by atoms with Crippen LogP contribution in [0.25, 0.3) is 0 Å². The van der Waals surface area contributed by atoms with E-state index in [-0.39, 0.29) is 11.4 Å². The molecule has 2 aromatic rings. The van der Waals surface area contributed by atoms with Gasteiger partial charge in [-0.1, -0.05) is 15.9 Å². The van der Waals surface area contributed by atoms with Crippen molar-refractivity contribution in [3.63, 3.8) is 0 Å². The monoisotopic (exact) mass is 322 g/mol. The van der Waals surface area contributed by atoms with Crippen molar-refractivity contribution in [2.24, 2.45) is 0 Å². The molecule has 0 aliphatic rings. The predicted octanol–water partition coefficient (Wildman–Crippen LogP) is 3.01. The zero-order chi connectivity index (χ0) is 13.8. The minimum Gasteiger partial charge on any atom is -0.465 e. The van der Waals surface area contributed by atoms with Crippen LogP contribution in [0.5, 0.6) is 11.6 Å². The summed E-state index contributed by atoms with van der Waals surface area (Å²) in [6.45, 7) is 0. The fourth-order valence-electron chi connectivity index (χ4n) is 1.49. The number of hydrogen-bond acceptors (Lipinski definition) is 5. The van der Waals surface area contributed by atoms with Crippen molar-refractivity contribution in [1.29, 1.82) is 0 Å². The van der Waals surface area contributed by atoms with E-state index in [0.29, 0.717) is 11.4 Å². The first kappa shape index (κ1) is 13.4. The quantitative estimate of drug-likeness (QED) is 0.694. The molecule has 1 aromatic heterocycles. The fraction of sp³-hybridized carbons (Fsp3) is 0.0769. The average Bonchev–Trinajstić information content (AvgIpc) is 2.37. The van der Waals surface area contributed by atoms with E-state index >= 15 is 0 Å². The summed E-state index contributed by atoms with van der Waals surface area (Å²) >= 11 is 3.32. The lowest BCUT2D eigenvalue weighted by Crippen LogP contribution is -2.04. The lowest BCUT2D eigenvalue weighted by atomic mass is 10.2. The summed E-state index contributed by atoms with van der Waals surface area (Å²) < 4.78 is 11.0. The van der Waals surface area contributed by atoms with Crippen LogP contribution >= 0.6 is 15.9 Å². The van der Waals surface area contributed by atoms with Gasteiger partial charge in [0.15, 0.2) is 0 Å². The molecule has 0 spiro atoms. The van der Waals surface area contributed by atoms with Crippen LogP contribution in [0.3, 0.4) is 0 Å². The number of methoxy groups -OCH3 is 1. The van der Waals surface area contributed by atoms with Gasteiger partial charge in [-0.15, -0.1) is 0 Å². The molecule has 5 nitrogen and oxygen atoms in total. The highest BCUT2D eigenvalue weighted by atomic mass is 79.9. The second-order valence-electron chi connectivity index (χ2n) is 3.67. The number of benzene rings is 1. The van der Waals surface area contributed by atoms with Gasteiger partial charge in [0.2, 0.25) is 5.88 Å². The zero-order valence-electron chi connectivity index (χ0n) is 10.1. The van der Waals surface area contributed by atoms with Crippen molar-refractivity contribution in [1.82, 2.24) is 4.98 Å². The van der Waals surface area contributed by atoms with Crippen LogP contribution < -0.4 is 10.5 Å². The third kappa shape index (κ3) is 3.23. The number of rotatable bonds is 3. The zero-order valence-corrected chi connectivity index (χ0v) is 11.7. The highest BCUT2D eigenvalue weighted by molar-refractivity contribution is 9.10. The number of anilines is 1. The molecule has 0 atom stereocenters. The highest BCUT2D eigenvalue weighted by Gasteiger charge is 2.14. The maximum atomic E-state index is 11.6. The minimum atomic E-state index is -0.508. The van der Waals surface area contributed by atoms with Crippen molar-refractivity contribution in [2.45, 2.75) is 0 Å². The van der Waals surface area contributed by atoms with Crippen LogP contribution in [0, 0.1) is 0 Å². The summed E-state index contributed by atoms with van der Waals surface area (Å²) in [6, 6.07) is 8.32. The van der Waals surface area contributed by atoms with E-state index < -0.39 is 5.97 Å². The number of ether oxygens (including phenoxy) is 2. The maximum Gasteiger partial charge on any atom is 0.343 e. The number of hydrogen-bond donors (Lipinski definition) is 1. The van der Waals surface area contributed by atoms with Crippen molar-refractivity contribution in [3.8, 4) is 11.6 Å². The second-order valence-corrected chi connectivity index (χ2v) is 4.59. The Kier molecular flexibility index (Phi) is 4.01. The van der Waals surface area contributed by atoms with Crippen LogP contribution in [-0.2, 0) is 4.74 Å². The molecule has 19 heavy (non-hydrogen) atoms. The lowest BCUT2D eigenvalue weighted by molar-refractivity contribution is 0.0597. The van der Waals surface area contributed by atoms with E-state index in [1.807, 2.05) is 0 Å². The topological polar surface area (TPSA) is 74.4 Å². The van der Waals surface area contributed by atoms with Crippen molar-refractivity contribution in [3.05, 3.63) is 46.6 Å². The number of carbonyl (C=O) groups is 1. The van der Waals surface area contributed by atoms with E-state index in [1.54, 1.807) is 30.3 Å². The van der Waals surface area contributed by atoms with Crippen molar-refractivity contribution in [2.75, 3.05) is 12.8 Å². The van der Waals surface area contributed by atoms with Crippen LogP contribution in [0.15, 0.2) is 41.0 Å². The summed E-state index contributed by atoms with van der Waals surface area (Å²) in [5.41, 5.74) is 6.51. The third-order valence-electron chi connectivity index (χ3n) is 2.28. The van der Waals surface area contributed by atoms with E-state index in [2.05, 4.69) is 25.7 Å². The number of aromatic nitrogens is 1. The molecular weight excluding hydrogens is 312 g/mol. The first-order valence-electron chi connectivity index (χ1n) is 5.37. The molecule has 1 heterocycles. The Bertz CT molecular complexity index is 596. The van der Waals surface area contributed by atoms with E-state index in [1.165, 1.54) is 13.3 Å². The number of nitrogen functional groups attached to an aromatic ring is 1. The molecule has 0 unspecified atom stereocenters. The van der Waals surface area contributed by atoms with Crippen LogP contribution in [-0.4, -0.2) is 18.1 Å². The Hall–Kier alpha value is -2.08. The maximum absolute atomic E-state index is 11.6. The highest BCUT2D eigenvalue weighted by Crippen LogP contribution is 2.28. The standard InChI is InChI=1S/C13H11BrN2O3/c1-18-13(17)11-3-2-4-16-12(11)19-10-6-8(14)5-9(15)7-10/h2-7H,15H2,1H3. The molecule has 0 fully saturated rings. The van der Waals surface area contributed by atoms with Crippen LogP contribution in [0.2, 0.25) is 0 Å². The van der Waals surface area contributed by atoms with Gasteiger partial charge in [0.1, 0.15) is 11.3 Å². The molecule has 0 bridgehead atoms. The summed E-state index contributed by atoms with van der Waals surface area (Å²) in [7, 11) is 1.30. The molecule has 1 aromatic carbocycles. The molecular formula is C13H11BrN2O3. The number of halogens is 1. The SMILES string of the molecule is COC(=O)c1cccnc1Oc1cc(N)cc(Br)c1. The summed E-state index contributed by atoms with van der Waals surface area (Å²) in [6.07, 6.45) is 1.53. The Balaban J connectivity index is 2.35.